The summed E-state index contributed by atoms with van der Waals surface area (Å²) in [6.07, 6.45) is 0. The van der Waals surface area contributed by atoms with Gasteiger partial charge in [-0.05, 0) is 12.1 Å². The summed E-state index contributed by atoms with van der Waals surface area (Å²) < 4.78 is 70.8. The molecule has 0 aliphatic heterocycles. The first kappa shape index (κ1) is 42.5. The van der Waals surface area contributed by atoms with Gasteiger partial charge in [-0.1, -0.05) is 18.2 Å². The van der Waals surface area contributed by atoms with Crippen molar-refractivity contribution in [2.75, 3.05) is 172 Å². The van der Waals surface area contributed by atoms with E-state index in [9.17, 15) is 0 Å². The molecule has 0 aliphatic rings. The Bertz CT molecular complexity index is 693. The molecule has 0 saturated carbocycles. The Hall–Kier alpha value is -1.50. The van der Waals surface area contributed by atoms with Gasteiger partial charge in [0.25, 0.3) is 0 Å². The second-order valence-electron chi connectivity index (χ2n) is 9.30. The van der Waals surface area contributed by atoms with Gasteiger partial charge in [-0.15, -0.1) is 0 Å². The van der Waals surface area contributed by atoms with Crippen molar-refractivity contribution in [3.05, 3.63) is 30.3 Å². The zero-order valence-electron chi connectivity index (χ0n) is 27.7. The second-order valence-corrected chi connectivity index (χ2v) is 9.30. The molecule has 0 heterocycles. The number of nitrogens with two attached hydrogens (primary N) is 1. The summed E-state index contributed by atoms with van der Waals surface area (Å²) in [5.74, 6) is 0.843. The lowest BCUT2D eigenvalue weighted by Gasteiger charge is -2.09. The molecule has 0 aromatic heterocycles. The molecular formula is C32H59NO13. The Morgan fingerprint density at radius 3 is 0.739 bits per heavy atom. The molecule has 0 unspecified atom stereocenters. The minimum absolute atomic E-state index is 0.508. The number of hydrogen-bond acceptors (Lipinski definition) is 14. The fraction of sp³-hybridized carbons (Fsp3) is 0.812. The van der Waals surface area contributed by atoms with Crippen LogP contribution in [0.1, 0.15) is 0 Å². The number of hydrogen-bond donors (Lipinski definition) is 1. The van der Waals surface area contributed by atoms with Crippen LogP contribution in [0.25, 0.3) is 0 Å². The third-order valence-corrected chi connectivity index (χ3v) is 5.59. The Balaban J connectivity index is 1.61. The lowest BCUT2D eigenvalue weighted by atomic mass is 10.3. The fourth-order valence-electron chi connectivity index (χ4n) is 3.34. The van der Waals surface area contributed by atoms with Crippen molar-refractivity contribution >= 4 is 0 Å². The largest absolute Gasteiger partial charge is 0.491 e. The summed E-state index contributed by atoms with van der Waals surface area (Å²) >= 11 is 0. The molecule has 0 amide bonds. The predicted octanol–water partition coefficient (Wildman–Crippen LogP) is 1.22. The monoisotopic (exact) mass is 665 g/mol. The first-order chi connectivity index (χ1) is 22.9. The van der Waals surface area contributed by atoms with Crippen molar-refractivity contribution in [2.24, 2.45) is 5.73 Å². The zero-order chi connectivity index (χ0) is 32.7. The summed E-state index contributed by atoms with van der Waals surface area (Å²) in [4.78, 5) is 0. The Labute approximate surface area is 275 Å². The minimum Gasteiger partial charge on any atom is -0.491 e. The topological polar surface area (TPSA) is 146 Å². The molecular weight excluding hydrogens is 606 g/mol. The van der Waals surface area contributed by atoms with E-state index in [1.54, 1.807) is 0 Å². The molecule has 46 heavy (non-hydrogen) atoms. The highest BCUT2D eigenvalue weighted by Crippen LogP contribution is 2.07. The smallest absolute Gasteiger partial charge is 0.119 e. The van der Waals surface area contributed by atoms with Crippen LogP contribution >= 0.6 is 0 Å². The van der Waals surface area contributed by atoms with E-state index in [1.807, 2.05) is 30.3 Å². The molecule has 0 radical (unpaired) electrons. The molecule has 2 N–H and O–H groups in total. The van der Waals surface area contributed by atoms with Gasteiger partial charge in [-0.2, -0.15) is 0 Å². The summed E-state index contributed by atoms with van der Waals surface area (Å²) in [5.41, 5.74) is 5.33. The van der Waals surface area contributed by atoms with E-state index in [1.165, 1.54) is 0 Å². The van der Waals surface area contributed by atoms with Crippen LogP contribution in [0.5, 0.6) is 5.75 Å². The molecule has 1 aromatic rings. The van der Waals surface area contributed by atoms with E-state index in [2.05, 4.69) is 0 Å². The molecule has 14 heteroatoms. The van der Waals surface area contributed by atoms with Crippen molar-refractivity contribution in [1.29, 1.82) is 0 Å². The normalized spacial score (nSPS) is 11.4. The van der Waals surface area contributed by atoms with Gasteiger partial charge in [-0.25, -0.2) is 0 Å². The number of para-hydroxylation sites is 1. The molecule has 0 bridgehead atoms. The van der Waals surface area contributed by atoms with Gasteiger partial charge < -0.3 is 67.3 Å². The fourth-order valence-corrected chi connectivity index (χ4v) is 3.34. The highest BCUT2D eigenvalue weighted by molar-refractivity contribution is 5.20. The van der Waals surface area contributed by atoms with Crippen molar-refractivity contribution < 1.29 is 61.6 Å². The lowest BCUT2D eigenvalue weighted by Crippen LogP contribution is -2.16. The average Bonchev–Trinajstić information content (AvgIpc) is 3.08. The number of ether oxygens (including phenoxy) is 13. The van der Waals surface area contributed by atoms with Gasteiger partial charge in [-0.3, -0.25) is 0 Å². The molecule has 0 aliphatic carbocycles. The van der Waals surface area contributed by atoms with Crippen LogP contribution in [-0.4, -0.2) is 172 Å². The predicted molar refractivity (Wildman–Crippen MR) is 171 cm³/mol. The van der Waals surface area contributed by atoms with Crippen molar-refractivity contribution in [1.82, 2.24) is 0 Å². The maximum absolute atomic E-state index is 5.55. The summed E-state index contributed by atoms with van der Waals surface area (Å²) in [5, 5.41) is 0. The Morgan fingerprint density at radius 2 is 0.500 bits per heavy atom. The van der Waals surface area contributed by atoms with Gasteiger partial charge in [0.2, 0.25) is 0 Å². The third-order valence-electron chi connectivity index (χ3n) is 5.59. The van der Waals surface area contributed by atoms with Crippen LogP contribution in [0.4, 0.5) is 0 Å². The highest BCUT2D eigenvalue weighted by atomic mass is 16.6. The molecule has 0 saturated heterocycles. The molecule has 0 spiro atoms. The van der Waals surface area contributed by atoms with Crippen LogP contribution in [0, 0.1) is 0 Å². The van der Waals surface area contributed by atoms with Gasteiger partial charge in [0.05, 0.1) is 159 Å². The molecule has 0 fully saturated rings. The van der Waals surface area contributed by atoms with Gasteiger partial charge in [0.15, 0.2) is 0 Å². The van der Waals surface area contributed by atoms with Crippen LogP contribution in [-0.2, 0) is 56.8 Å². The summed E-state index contributed by atoms with van der Waals surface area (Å²) in [6, 6.07) is 9.67. The highest BCUT2D eigenvalue weighted by Gasteiger charge is 1.97. The van der Waals surface area contributed by atoms with E-state index in [-0.39, 0.29) is 0 Å². The molecule has 1 aromatic carbocycles. The van der Waals surface area contributed by atoms with Crippen molar-refractivity contribution in [3.63, 3.8) is 0 Å². The van der Waals surface area contributed by atoms with Crippen molar-refractivity contribution in [2.45, 2.75) is 0 Å². The Morgan fingerprint density at radius 1 is 0.283 bits per heavy atom. The van der Waals surface area contributed by atoms with Gasteiger partial charge in [0, 0.05) is 6.54 Å². The van der Waals surface area contributed by atoms with E-state index in [0.717, 1.165) is 5.75 Å². The Kier molecular flexibility index (Phi) is 35.1. The second kappa shape index (κ2) is 38.0. The van der Waals surface area contributed by atoms with Crippen LogP contribution in [0.3, 0.4) is 0 Å². The quantitative estimate of drug-likeness (QED) is 0.101. The van der Waals surface area contributed by atoms with E-state index < -0.39 is 0 Å². The van der Waals surface area contributed by atoms with Gasteiger partial charge in [0.1, 0.15) is 12.4 Å². The molecule has 14 nitrogen and oxygen atoms in total. The molecule has 270 valence electrons. The summed E-state index contributed by atoms with van der Waals surface area (Å²) in [7, 11) is 0. The third kappa shape index (κ3) is 33.9. The SMILES string of the molecule is NCCOCCOCCOCCOCCOCCOCCOCCOCCOCCOCCOCCOCCOc1ccccc1. The minimum atomic E-state index is 0.508. The first-order valence-corrected chi connectivity index (χ1v) is 16.2. The van der Waals surface area contributed by atoms with E-state index >= 15 is 0 Å². The van der Waals surface area contributed by atoms with Crippen molar-refractivity contribution in [3.8, 4) is 5.75 Å². The molecule has 0 atom stereocenters. The number of rotatable bonds is 39. The average molecular weight is 666 g/mol. The van der Waals surface area contributed by atoms with Crippen LogP contribution < -0.4 is 10.5 Å². The van der Waals surface area contributed by atoms with Crippen LogP contribution in [0.2, 0.25) is 0 Å². The molecule has 1 rings (SSSR count). The number of benzene rings is 1. The van der Waals surface area contributed by atoms with E-state index in [4.69, 9.17) is 67.3 Å². The first-order valence-electron chi connectivity index (χ1n) is 16.2. The van der Waals surface area contributed by atoms with Gasteiger partial charge >= 0.3 is 0 Å². The zero-order valence-corrected chi connectivity index (χ0v) is 27.7. The maximum atomic E-state index is 5.55. The van der Waals surface area contributed by atoms with Crippen LogP contribution in [0.15, 0.2) is 30.3 Å². The van der Waals surface area contributed by atoms with E-state index in [0.29, 0.717) is 172 Å². The maximum Gasteiger partial charge on any atom is 0.119 e. The lowest BCUT2D eigenvalue weighted by molar-refractivity contribution is -0.0284. The summed E-state index contributed by atoms with van der Waals surface area (Å²) in [6.45, 7) is 13.5. The standard InChI is InChI=1S/C32H59NO13/c33-6-7-34-8-9-35-10-11-36-12-13-37-14-15-38-16-17-39-18-19-40-20-21-41-22-23-42-24-25-43-26-27-44-28-29-45-30-31-46-32-4-2-1-3-5-32/h1-5H,6-31,33H2.